The maximum atomic E-state index is 13.7. The van der Waals surface area contributed by atoms with Gasteiger partial charge in [0.2, 0.25) is 5.91 Å². The molecule has 30 heavy (non-hydrogen) atoms. The zero-order valence-electron chi connectivity index (χ0n) is 16.9. The number of pyridine rings is 1. The predicted octanol–water partition coefficient (Wildman–Crippen LogP) is 1.07. The second kappa shape index (κ2) is 7.50. The molecule has 5 heterocycles. The topological polar surface area (TPSA) is 85.1 Å². The molecule has 3 aliphatic heterocycles. The molecule has 1 saturated heterocycles. The van der Waals surface area contributed by atoms with Crippen molar-refractivity contribution in [3.63, 3.8) is 0 Å². The van der Waals surface area contributed by atoms with E-state index < -0.39 is 6.04 Å². The van der Waals surface area contributed by atoms with Crippen LogP contribution in [0.5, 0.6) is 0 Å². The van der Waals surface area contributed by atoms with Gasteiger partial charge >= 0.3 is 0 Å². The molecule has 1 N–H and O–H groups in total. The molecule has 8 nitrogen and oxygen atoms in total. The average molecular weight is 431 g/mol. The summed E-state index contributed by atoms with van der Waals surface area (Å²) in [4.78, 5) is 33.1. The van der Waals surface area contributed by atoms with Gasteiger partial charge in [-0.05, 0) is 25.3 Å². The van der Waals surface area contributed by atoms with Crippen LogP contribution in [0.25, 0.3) is 0 Å². The lowest BCUT2D eigenvalue weighted by molar-refractivity contribution is -0.137. The number of halogens is 1. The molecule has 2 aromatic rings. The van der Waals surface area contributed by atoms with Gasteiger partial charge in [0, 0.05) is 62.1 Å². The Kier molecular flexibility index (Phi) is 4.94. The summed E-state index contributed by atoms with van der Waals surface area (Å²) in [5, 5.41) is 8.15. The number of hydrogen-bond donors (Lipinski definition) is 1. The highest BCUT2D eigenvalue weighted by molar-refractivity contribution is 5.85. The van der Waals surface area contributed by atoms with E-state index in [1.807, 2.05) is 21.7 Å². The summed E-state index contributed by atoms with van der Waals surface area (Å²) in [6, 6.07) is 5.00. The van der Waals surface area contributed by atoms with Crippen LogP contribution in [0.3, 0.4) is 0 Å². The fourth-order valence-electron chi connectivity index (χ4n) is 5.35. The third-order valence-corrected chi connectivity index (χ3v) is 7.01. The van der Waals surface area contributed by atoms with E-state index in [4.69, 9.17) is 4.98 Å². The van der Waals surface area contributed by atoms with Crippen molar-refractivity contribution in [2.24, 2.45) is 5.92 Å². The number of hydrogen-bond acceptors (Lipinski definition) is 5. The monoisotopic (exact) mass is 430 g/mol. The third-order valence-electron chi connectivity index (χ3n) is 7.01. The van der Waals surface area contributed by atoms with Crippen molar-refractivity contribution in [3.8, 4) is 0 Å². The molecule has 0 radical (unpaired) electrons. The smallest absolute Gasteiger partial charge is 0.251 e. The van der Waals surface area contributed by atoms with E-state index in [1.165, 1.54) is 12.8 Å². The van der Waals surface area contributed by atoms with Crippen LogP contribution in [0.2, 0.25) is 0 Å². The molecule has 2 fully saturated rings. The minimum atomic E-state index is -0.414. The first kappa shape index (κ1) is 19.8. The van der Waals surface area contributed by atoms with Gasteiger partial charge in [-0.15, -0.1) is 12.4 Å². The van der Waals surface area contributed by atoms with E-state index in [9.17, 15) is 9.59 Å². The van der Waals surface area contributed by atoms with Gasteiger partial charge in [-0.25, -0.2) is 9.67 Å². The molecule has 0 aromatic carbocycles. The zero-order chi connectivity index (χ0) is 19.5. The van der Waals surface area contributed by atoms with Crippen LogP contribution < -0.4 is 10.9 Å². The Hall–Kier alpha value is -2.19. The third kappa shape index (κ3) is 3.17. The maximum absolute atomic E-state index is 13.7. The second-order valence-corrected chi connectivity index (χ2v) is 8.91. The summed E-state index contributed by atoms with van der Waals surface area (Å²) in [5.74, 6) is 3.05. The van der Waals surface area contributed by atoms with E-state index in [2.05, 4.69) is 10.4 Å². The van der Waals surface area contributed by atoms with E-state index >= 15 is 0 Å². The van der Waals surface area contributed by atoms with Gasteiger partial charge in [-0.2, -0.15) is 5.10 Å². The first-order valence-electron chi connectivity index (χ1n) is 10.8. The van der Waals surface area contributed by atoms with Gasteiger partial charge in [-0.3, -0.25) is 14.2 Å². The number of nitrogens with one attached hydrogen (secondary N) is 1. The quantitative estimate of drug-likeness (QED) is 0.770. The Labute approximate surface area is 181 Å². The molecule has 1 aliphatic carbocycles. The second-order valence-electron chi connectivity index (χ2n) is 8.91. The highest BCUT2D eigenvalue weighted by Gasteiger charge is 2.43. The van der Waals surface area contributed by atoms with Crippen molar-refractivity contribution < 1.29 is 4.79 Å². The molecule has 4 aliphatic rings. The van der Waals surface area contributed by atoms with Gasteiger partial charge in [0.05, 0.1) is 6.54 Å². The van der Waals surface area contributed by atoms with Crippen LogP contribution in [0.1, 0.15) is 54.5 Å². The van der Waals surface area contributed by atoms with Gasteiger partial charge in [0.1, 0.15) is 11.9 Å². The normalized spacial score (nSPS) is 27.5. The van der Waals surface area contributed by atoms with Crippen LogP contribution in [0.15, 0.2) is 23.0 Å². The van der Waals surface area contributed by atoms with Crippen LogP contribution in [-0.2, 0) is 17.8 Å². The summed E-state index contributed by atoms with van der Waals surface area (Å²) < 4.78 is 3.77. The fourth-order valence-corrected chi connectivity index (χ4v) is 5.35. The Bertz CT molecular complexity index is 1000. The molecule has 3 atom stereocenters. The number of piperidine rings is 1. The van der Waals surface area contributed by atoms with Gasteiger partial charge in [-0.1, -0.05) is 6.07 Å². The van der Waals surface area contributed by atoms with E-state index in [0.717, 1.165) is 43.3 Å². The lowest BCUT2D eigenvalue weighted by atomic mass is 9.79. The molecule has 1 amide bonds. The summed E-state index contributed by atoms with van der Waals surface area (Å²) in [6.45, 7) is 3.60. The van der Waals surface area contributed by atoms with Crippen LogP contribution in [0.4, 0.5) is 0 Å². The Morgan fingerprint density at radius 1 is 1.10 bits per heavy atom. The number of carbonyl (C=O) groups excluding carboxylic acids is 1. The van der Waals surface area contributed by atoms with Gasteiger partial charge < -0.3 is 10.2 Å². The molecular formula is C21H27ClN6O2. The number of nitrogens with zero attached hydrogens (tertiary/aromatic N) is 5. The molecule has 6 rings (SSSR count). The van der Waals surface area contributed by atoms with Gasteiger partial charge in [0.15, 0.2) is 5.82 Å². The van der Waals surface area contributed by atoms with Crippen LogP contribution in [0, 0.1) is 5.92 Å². The number of amides is 1. The predicted molar refractivity (Wildman–Crippen MR) is 113 cm³/mol. The zero-order valence-corrected chi connectivity index (χ0v) is 17.7. The Balaban J connectivity index is 0.00000193. The molecule has 2 bridgehead atoms. The first-order chi connectivity index (χ1) is 14.2. The summed E-state index contributed by atoms with van der Waals surface area (Å²) in [6.07, 6.45) is 4.08. The fraction of sp³-hybridized carbons (Fsp3) is 0.619. The molecule has 1 saturated carbocycles. The van der Waals surface area contributed by atoms with Crippen LogP contribution >= 0.6 is 12.4 Å². The molecule has 0 spiro atoms. The molecule has 0 unspecified atom stereocenters. The summed E-state index contributed by atoms with van der Waals surface area (Å²) in [7, 11) is 0. The highest BCUT2D eigenvalue weighted by atomic mass is 35.5. The van der Waals surface area contributed by atoms with Crippen molar-refractivity contribution in [1.82, 2.24) is 29.5 Å². The number of carbonyl (C=O) groups is 1. The number of rotatable bonds is 2. The molecular weight excluding hydrogens is 404 g/mol. The number of aromatic nitrogens is 4. The summed E-state index contributed by atoms with van der Waals surface area (Å²) >= 11 is 0. The molecule has 160 valence electrons. The molecule has 2 aromatic heterocycles. The van der Waals surface area contributed by atoms with Crippen LogP contribution in [-0.4, -0.2) is 56.3 Å². The number of fused-ring (bicyclic) bond motifs is 5. The van der Waals surface area contributed by atoms with Crippen molar-refractivity contribution >= 4 is 18.3 Å². The van der Waals surface area contributed by atoms with Crippen molar-refractivity contribution in [2.45, 2.75) is 50.1 Å². The lowest BCUT2D eigenvalue weighted by Gasteiger charge is -2.43. The van der Waals surface area contributed by atoms with Crippen molar-refractivity contribution in [1.29, 1.82) is 0 Å². The van der Waals surface area contributed by atoms with Crippen molar-refractivity contribution in [2.75, 3.05) is 26.2 Å². The standard InChI is InChI=1S/C21H26N6O2.ClH/c28-18-3-1-2-16-14-10-15(12-22-11-14)19(27(16)18)21(29)25-7-6-17-23-20(13-4-5-13)24-26(17)9-8-25;/h1-3,13-15,19,22H,4-12H2;1H/t14-,15+,19-;/m1./s1. The molecule has 9 heteroatoms. The highest BCUT2D eigenvalue weighted by Crippen LogP contribution is 2.40. The SMILES string of the molecule is Cl.O=C([C@H]1[C@@H]2CNC[C@@H](C2)c2cccc(=O)n21)N1CCc2nc(C3CC3)nn2CC1. The van der Waals surface area contributed by atoms with Gasteiger partial charge in [0.25, 0.3) is 5.56 Å². The van der Waals surface area contributed by atoms with E-state index in [1.54, 1.807) is 10.6 Å². The van der Waals surface area contributed by atoms with E-state index in [0.29, 0.717) is 31.5 Å². The minimum absolute atomic E-state index is 0. The maximum Gasteiger partial charge on any atom is 0.251 e. The average Bonchev–Trinajstić information content (AvgIpc) is 3.53. The minimum Gasteiger partial charge on any atom is -0.339 e. The van der Waals surface area contributed by atoms with Crippen molar-refractivity contribution in [3.05, 3.63) is 45.9 Å². The Morgan fingerprint density at radius 3 is 2.80 bits per heavy atom. The van der Waals surface area contributed by atoms with E-state index in [-0.39, 0.29) is 29.8 Å². The largest absolute Gasteiger partial charge is 0.339 e. The summed E-state index contributed by atoms with van der Waals surface area (Å²) in [5.41, 5.74) is 0.939. The first-order valence-corrected chi connectivity index (χ1v) is 10.8. The Morgan fingerprint density at radius 2 is 1.97 bits per heavy atom. The lowest BCUT2D eigenvalue weighted by Crippen LogP contribution is -2.53.